The molecule has 0 aromatic heterocycles. The maximum Gasteiger partial charge on any atom is 0.251 e. The van der Waals surface area contributed by atoms with Crippen molar-refractivity contribution in [3.63, 3.8) is 0 Å². The summed E-state index contributed by atoms with van der Waals surface area (Å²) in [5.41, 5.74) is 1.10. The van der Waals surface area contributed by atoms with Crippen LogP contribution >= 0.6 is 0 Å². The van der Waals surface area contributed by atoms with Crippen LogP contribution in [0.1, 0.15) is 22.8 Å². The third-order valence-electron chi connectivity index (χ3n) is 2.68. The number of ether oxygens (including phenoxy) is 1. The van der Waals surface area contributed by atoms with Gasteiger partial charge in [0, 0.05) is 25.0 Å². The van der Waals surface area contributed by atoms with Gasteiger partial charge in [-0.05, 0) is 31.5 Å². The number of carbonyl (C=O) groups excluding carboxylic acids is 1. The Balaban J connectivity index is 3.03. The summed E-state index contributed by atoms with van der Waals surface area (Å²) in [5, 5.41) is 2.76. The number of amides is 1. The normalized spacial score (nSPS) is 13.1. The molecule has 19 heavy (non-hydrogen) atoms. The van der Waals surface area contributed by atoms with E-state index in [4.69, 9.17) is 4.74 Å². The van der Waals surface area contributed by atoms with Gasteiger partial charge in [-0.25, -0.2) is 8.42 Å². The molecule has 1 amide bonds. The van der Waals surface area contributed by atoms with Crippen molar-refractivity contribution in [2.24, 2.45) is 0 Å². The molecule has 0 aliphatic rings. The smallest absolute Gasteiger partial charge is 0.251 e. The van der Waals surface area contributed by atoms with Gasteiger partial charge in [-0.3, -0.25) is 4.79 Å². The van der Waals surface area contributed by atoms with Gasteiger partial charge in [0.25, 0.3) is 5.91 Å². The SMILES string of the molecule is COCC(C)NC(=O)c1cc(S(C)(=O)=O)ccc1C. The molecule has 0 radical (unpaired) electrons. The van der Waals surface area contributed by atoms with Gasteiger partial charge in [-0.2, -0.15) is 0 Å². The van der Waals surface area contributed by atoms with Crippen LogP contribution in [0.25, 0.3) is 0 Å². The van der Waals surface area contributed by atoms with E-state index < -0.39 is 9.84 Å². The first-order valence-corrected chi connectivity index (χ1v) is 7.75. The average molecular weight is 285 g/mol. The molecule has 0 heterocycles. The largest absolute Gasteiger partial charge is 0.383 e. The highest BCUT2D eigenvalue weighted by Crippen LogP contribution is 2.15. The Morgan fingerprint density at radius 2 is 2.05 bits per heavy atom. The summed E-state index contributed by atoms with van der Waals surface area (Å²) < 4.78 is 27.9. The van der Waals surface area contributed by atoms with Gasteiger partial charge in [0.15, 0.2) is 9.84 Å². The Hall–Kier alpha value is -1.40. The highest BCUT2D eigenvalue weighted by molar-refractivity contribution is 7.90. The third kappa shape index (κ3) is 4.33. The molecule has 0 saturated heterocycles. The van der Waals surface area contributed by atoms with Crippen LogP contribution in [0.15, 0.2) is 23.1 Å². The summed E-state index contributed by atoms with van der Waals surface area (Å²) in [7, 11) is -1.77. The van der Waals surface area contributed by atoms with Crippen LogP contribution in [0, 0.1) is 6.92 Å². The van der Waals surface area contributed by atoms with Crippen molar-refractivity contribution in [1.29, 1.82) is 0 Å². The van der Waals surface area contributed by atoms with Crippen molar-refractivity contribution >= 4 is 15.7 Å². The predicted octanol–water partition coefficient (Wildman–Crippen LogP) is 1.16. The zero-order valence-electron chi connectivity index (χ0n) is 11.6. The minimum atomic E-state index is -3.32. The van der Waals surface area contributed by atoms with Crippen molar-refractivity contribution in [3.8, 4) is 0 Å². The zero-order chi connectivity index (χ0) is 14.6. The van der Waals surface area contributed by atoms with Gasteiger partial charge in [0.05, 0.1) is 11.5 Å². The van der Waals surface area contributed by atoms with E-state index in [1.807, 2.05) is 6.92 Å². The molecule has 6 heteroatoms. The summed E-state index contributed by atoms with van der Waals surface area (Å²) in [6, 6.07) is 4.39. The van der Waals surface area contributed by atoms with Gasteiger partial charge < -0.3 is 10.1 Å². The minimum Gasteiger partial charge on any atom is -0.383 e. The van der Waals surface area contributed by atoms with E-state index in [2.05, 4.69) is 5.32 Å². The Bertz CT molecular complexity index is 566. The zero-order valence-corrected chi connectivity index (χ0v) is 12.4. The first-order chi connectivity index (χ1) is 8.75. The fraction of sp³-hybridized carbons (Fsp3) is 0.462. The molecule has 1 N–H and O–H groups in total. The molecule has 1 aromatic carbocycles. The van der Waals surface area contributed by atoms with E-state index in [-0.39, 0.29) is 16.8 Å². The highest BCUT2D eigenvalue weighted by Gasteiger charge is 2.15. The van der Waals surface area contributed by atoms with Crippen molar-refractivity contribution < 1.29 is 17.9 Å². The second kappa shape index (κ2) is 6.16. The van der Waals surface area contributed by atoms with Crippen LogP contribution in [0.3, 0.4) is 0 Å². The quantitative estimate of drug-likeness (QED) is 0.881. The minimum absolute atomic E-state index is 0.140. The molecule has 1 atom stereocenters. The van der Waals surface area contributed by atoms with Crippen molar-refractivity contribution in [2.75, 3.05) is 20.0 Å². The number of nitrogens with one attached hydrogen (secondary N) is 1. The van der Waals surface area contributed by atoms with Crippen molar-refractivity contribution in [2.45, 2.75) is 24.8 Å². The lowest BCUT2D eigenvalue weighted by Crippen LogP contribution is -2.36. The Morgan fingerprint density at radius 3 is 2.58 bits per heavy atom. The number of aryl methyl sites for hydroxylation is 1. The number of hydrogen-bond acceptors (Lipinski definition) is 4. The lowest BCUT2D eigenvalue weighted by molar-refractivity contribution is 0.0904. The molecule has 0 aliphatic heterocycles. The number of sulfone groups is 1. The van der Waals surface area contributed by atoms with Gasteiger partial charge in [-0.15, -0.1) is 0 Å². The molecule has 1 rings (SSSR count). The number of rotatable bonds is 5. The molecule has 0 saturated carbocycles. The number of carbonyl (C=O) groups is 1. The van der Waals surface area contributed by atoms with Gasteiger partial charge in [0.1, 0.15) is 0 Å². The molecular formula is C13H19NO4S. The fourth-order valence-corrected chi connectivity index (χ4v) is 2.32. The molecule has 1 unspecified atom stereocenters. The summed E-state index contributed by atoms with van der Waals surface area (Å²) in [6.45, 7) is 3.98. The van der Waals surface area contributed by atoms with E-state index in [9.17, 15) is 13.2 Å². The molecular weight excluding hydrogens is 266 g/mol. The van der Waals surface area contributed by atoms with Crippen molar-refractivity contribution in [1.82, 2.24) is 5.32 Å². The standard InChI is InChI=1S/C13H19NO4S/c1-9-5-6-11(19(4,16)17)7-12(9)13(15)14-10(2)8-18-3/h5-7,10H,8H2,1-4H3,(H,14,15). The number of methoxy groups -OCH3 is 1. The van der Waals surface area contributed by atoms with Crippen LogP contribution in [-0.2, 0) is 14.6 Å². The number of hydrogen-bond donors (Lipinski definition) is 1. The maximum absolute atomic E-state index is 12.1. The molecule has 0 aliphatic carbocycles. The van der Waals surface area contributed by atoms with Crippen LogP contribution in [0.4, 0.5) is 0 Å². The topological polar surface area (TPSA) is 72.5 Å². The average Bonchev–Trinajstić information content (AvgIpc) is 2.27. The second-order valence-electron chi connectivity index (χ2n) is 4.58. The third-order valence-corrected chi connectivity index (χ3v) is 3.79. The predicted molar refractivity (Wildman–Crippen MR) is 73.1 cm³/mol. The van der Waals surface area contributed by atoms with Gasteiger partial charge in [0.2, 0.25) is 0 Å². The van der Waals surface area contributed by atoms with E-state index in [0.717, 1.165) is 11.8 Å². The lowest BCUT2D eigenvalue weighted by atomic mass is 10.1. The molecule has 1 aromatic rings. The van der Waals surface area contributed by atoms with E-state index in [1.165, 1.54) is 12.1 Å². The van der Waals surface area contributed by atoms with E-state index in [1.54, 1.807) is 20.1 Å². The van der Waals surface area contributed by atoms with Crippen molar-refractivity contribution in [3.05, 3.63) is 29.3 Å². The highest BCUT2D eigenvalue weighted by atomic mass is 32.2. The number of benzene rings is 1. The Kier molecular flexibility index (Phi) is 5.08. The summed E-state index contributed by atoms with van der Waals surface area (Å²) in [4.78, 5) is 12.2. The molecule has 5 nitrogen and oxygen atoms in total. The molecule has 106 valence electrons. The van der Waals surface area contributed by atoms with Crippen LogP contribution < -0.4 is 5.32 Å². The molecule has 0 spiro atoms. The Morgan fingerprint density at radius 1 is 1.42 bits per heavy atom. The summed E-state index contributed by atoms with van der Waals surface area (Å²) in [6.07, 6.45) is 1.12. The summed E-state index contributed by atoms with van der Waals surface area (Å²) >= 11 is 0. The summed E-state index contributed by atoms with van der Waals surface area (Å²) in [5.74, 6) is -0.299. The second-order valence-corrected chi connectivity index (χ2v) is 6.59. The van der Waals surface area contributed by atoms with Crippen LogP contribution in [0.5, 0.6) is 0 Å². The van der Waals surface area contributed by atoms with Gasteiger partial charge in [-0.1, -0.05) is 6.07 Å². The van der Waals surface area contributed by atoms with Crippen LogP contribution in [-0.4, -0.2) is 40.3 Å². The lowest BCUT2D eigenvalue weighted by Gasteiger charge is -2.14. The fourth-order valence-electron chi connectivity index (χ4n) is 1.67. The molecule has 0 bridgehead atoms. The van der Waals surface area contributed by atoms with E-state index in [0.29, 0.717) is 12.2 Å². The Labute approximate surface area is 113 Å². The van der Waals surface area contributed by atoms with Gasteiger partial charge >= 0.3 is 0 Å². The maximum atomic E-state index is 12.1. The molecule has 0 fully saturated rings. The first kappa shape index (κ1) is 15.7. The first-order valence-electron chi connectivity index (χ1n) is 5.86. The van der Waals surface area contributed by atoms with E-state index >= 15 is 0 Å². The monoisotopic (exact) mass is 285 g/mol. The van der Waals surface area contributed by atoms with Crippen LogP contribution in [0.2, 0.25) is 0 Å².